The van der Waals surface area contributed by atoms with Crippen LogP contribution in [0.15, 0.2) is 29.3 Å². The molecule has 0 saturated carbocycles. The first-order valence-corrected chi connectivity index (χ1v) is 5.05. The average Bonchev–Trinajstić information content (AvgIpc) is 2.71. The van der Waals surface area contributed by atoms with Crippen molar-refractivity contribution in [3.63, 3.8) is 0 Å². The standard InChI is InChI=1S/C12H15NO/c1-9(2)10-3-5-11(6-4-10)12-13-7-8-14-12/h3-6,9H,7-8H2,1-2H3. The molecule has 14 heavy (non-hydrogen) atoms. The minimum atomic E-state index is 0.579. The molecule has 1 aromatic rings. The van der Waals surface area contributed by atoms with E-state index in [0.717, 1.165) is 24.6 Å². The van der Waals surface area contributed by atoms with Crippen molar-refractivity contribution in [1.82, 2.24) is 0 Å². The summed E-state index contributed by atoms with van der Waals surface area (Å²) in [7, 11) is 0. The summed E-state index contributed by atoms with van der Waals surface area (Å²) < 4.78 is 5.39. The Balaban J connectivity index is 2.21. The van der Waals surface area contributed by atoms with Gasteiger partial charge in [0, 0.05) is 5.56 Å². The van der Waals surface area contributed by atoms with Crippen molar-refractivity contribution >= 4 is 5.90 Å². The van der Waals surface area contributed by atoms with Crippen LogP contribution in [0, 0.1) is 0 Å². The van der Waals surface area contributed by atoms with Crippen LogP contribution in [0.4, 0.5) is 0 Å². The highest BCUT2D eigenvalue weighted by atomic mass is 16.5. The lowest BCUT2D eigenvalue weighted by Crippen LogP contribution is -2.01. The zero-order chi connectivity index (χ0) is 9.97. The predicted octanol–water partition coefficient (Wildman–Crippen LogP) is 2.59. The summed E-state index contributed by atoms with van der Waals surface area (Å²) in [6.07, 6.45) is 0. The quantitative estimate of drug-likeness (QED) is 0.700. The van der Waals surface area contributed by atoms with E-state index in [4.69, 9.17) is 4.74 Å². The molecule has 0 aliphatic carbocycles. The fourth-order valence-corrected chi connectivity index (χ4v) is 1.52. The fraction of sp³-hybridized carbons (Fsp3) is 0.417. The monoisotopic (exact) mass is 189 g/mol. The van der Waals surface area contributed by atoms with Crippen LogP contribution in [0.1, 0.15) is 30.9 Å². The van der Waals surface area contributed by atoms with Gasteiger partial charge in [-0.15, -0.1) is 0 Å². The molecule has 1 aromatic carbocycles. The summed E-state index contributed by atoms with van der Waals surface area (Å²) in [5, 5.41) is 0. The van der Waals surface area contributed by atoms with Crippen LogP contribution < -0.4 is 0 Å². The molecule has 0 amide bonds. The molecule has 1 heterocycles. The number of benzene rings is 1. The SMILES string of the molecule is CC(C)c1ccc(C2=NCCO2)cc1. The third-order valence-electron chi connectivity index (χ3n) is 2.41. The Morgan fingerprint density at radius 2 is 1.93 bits per heavy atom. The molecular weight excluding hydrogens is 174 g/mol. The van der Waals surface area contributed by atoms with E-state index in [2.05, 4.69) is 43.1 Å². The van der Waals surface area contributed by atoms with Gasteiger partial charge in [0.1, 0.15) is 6.61 Å². The molecule has 0 spiro atoms. The highest BCUT2D eigenvalue weighted by molar-refractivity contribution is 5.94. The number of hydrogen-bond acceptors (Lipinski definition) is 2. The van der Waals surface area contributed by atoms with Gasteiger partial charge in [0.2, 0.25) is 5.90 Å². The normalized spacial score (nSPS) is 15.5. The summed E-state index contributed by atoms with van der Waals surface area (Å²) in [6.45, 7) is 5.90. The maximum Gasteiger partial charge on any atom is 0.216 e. The molecule has 0 atom stereocenters. The first-order chi connectivity index (χ1) is 6.77. The van der Waals surface area contributed by atoms with Gasteiger partial charge in [0.05, 0.1) is 6.54 Å². The van der Waals surface area contributed by atoms with Crippen molar-refractivity contribution in [3.8, 4) is 0 Å². The Morgan fingerprint density at radius 1 is 1.21 bits per heavy atom. The molecule has 2 nitrogen and oxygen atoms in total. The van der Waals surface area contributed by atoms with E-state index in [-0.39, 0.29) is 0 Å². The zero-order valence-corrected chi connectivity index (χ0v) is 8.66. The van der Waals surface area contributed by atoms with Crippen molar-refractivity contribution in [1.29, 1.82) is 0 Å². The molecule has 2 rings (SSSR count). The molecule has 0 saturated heterocycles. The van der Waals surface area contributed by atoms with Gasteiger partial charge in [-0.25, -0.2) is 4.99 Å². The van der Waals surface area contributed by atoms with Crippen LogP contribution >= 0.6 is 0 Å². The summed E-state index contributed by atoms with van der Waals surface area (Å²) in [5.41, 5.74) is 2.44. The molecule has 74 valence electrons. The maximum atomic E-state index is 5.39. The molecule has 1 aliphatic rings. The van der Waals surface area contributed by atoms with Crippen molar-refractivity contribution in [2.24, 2.45) is 4.99 Å². The van der Waals surface area contributed by atoms with E-state index in [0.29, 0.717) is 5.92 Å². The Hall–Kier alpha value is -1.31. The van der Waals surface area contributed by atoms with E-state index in [1.807, 2.05) is 0 Å². The number of nitrogens with zero attached hydrogens (tertiary/aromatic N) is 1. The Labute approximate surface area is 84.6 Å². The highest BCUT2D eigenvalue weighted by Crippen LogP contribution is 2.16. The second-order valence-electron chi connectivity index (χ2n) is 3.81. The minimum Gasteiger partial charge on any atom is -0.476 e. The molecule has 0 aromatic heterocycles. The molecule has 0 fully saturated rings. The van der Waals surface area contributed by atoms with Gasteiger partial charge in [-0.1, -0.05) is 26.0 Å². The topological polar surface area (TPSA) is 21.6 Å². The van der Waals surface area contributed by atoms with Crippen molar-refractivity contribution in [2.45, 2.75) is 19.8 Å². The molecular formula is C12H15NO. The van der Waals surface area contributed by atoms with E-state index >= 15 is 0 Å². The molecule has 0 radical (unpaired) electrons. The largest absolute Gasteiger partial charge is 0.476 e. The van der Waals surface area contributed by atoms with Gasteiger partial charge in [-0.2, -0.15) is 0 Å². The highest BCUT2D eigenvalue weighted by Gasteiger charge is 2.09. The van der Waals surface area contributed by atoms with Gasteiger partial charge in [-0.3, -0.25) is 0 Å². The molecule has 1 aliphatic heterocycles. The Morgan fingerprint density at radius 3 is 2.43 bits per heavy atom. The Bertz CT molecular complexity index is 338. The number of aliphatic imine (C=N–C) groups is 1. The van der Waals surface area contributed by atoms with Crippen LogP contribution in [-0.2, 0) is 4.74 Å². The fourth-order valence-electron chi connectivity index (χ4n) is 1.52. The average molecular weight is 189 g/mol. The third kappa shape index (κ3) is 1.79. The second kappa shape index (κ2) is 3.82. The first kappa shape index (κ1) is 9.25. The second-order valence-corrected chi connectivity index (χ2v) is 3.81. The van der Waals surface area contributed by atoms with Crippen LogP contribution in [-0.4, -0.2) is 19.0 Å². The first-order valence-electron chi connectivity index (χ1n) is 5.05. The molecule has 0 unspecified atom stereocenters. The number of hydrogen-bond donors (Lipinski definition) is 0. The van der Waals surface area contributed by atoms with Gasteiger partial charge >= 0.3 is 0 Å². The van der Waals surface area contributed by atoms with Crippen LogP contribution in [0.5, 0.6) is 0 Å². The van der Waals surface area contributed by atoms with E-state index in [9.17, 15) is 0 Å². The smallest absolute Gasteiger partial charge is 0.216 e. The van der Waals surface area contributed by atoms with Gasteiger partial charge in [0.15, 0.2) is 0 Å². The van der Waals surface area contributed by atoms with E-state index in [1.165, 1.54) is 5.56 Å². The lowest BCUT2D eigenvalue weighted by Gasteiger charge is -2.06. The van der Waals surface area contributed by atoms with Crippen LogP contribution in [0.2, 0.25) is 0 Å². The van der Waals surface area contributed by atoms with Crippen molar-refractivity contribution < 1.29 is 4.74 Å². The summed E-state index contributed by atoms with van der Waals surface area (Å²) >= 11 is 0. The summed E-state index contributed by atoms with van der Waals surface area (Å²) in [4.78, 5) is 4.27. The lowest BCUT2D eigenvalue weighted by molar-refractivity contribution is 0.348. The predicted molar refractivity (Wildman–Crippen MR) is 57.9 cm³/mol. The number of ether oxygens (including phenoxy) is 1. The van der Waals surface area contributed by atoms with Gasteiger partial charge < -0.3 is 4.74 Å². The number of rotatable bonds is 2. The summed E-state index contributed by atoms with van der Waals surface area (Å²) in [6, 6.07) is 8.45. The molecule has 0 bridgehead atoms. The summed E-state index contributed by atoms with van der Waals surface area (Å²) in [5.74, 6) is 1.37. The van der Waals surface area contributed by atoms with Gasteiger partial charge in [0.25, 0.3) is 0 Å². The van der Waals surface area contributed by atoms with Crippen LogP contribution in [0.25, 0.3) is 0 Å². The molecule has 2 heteroatoms. The van der Waals surface area contributed by atoms with Crippen LogP contribution in [0.3, 0.4) is 0 Å². The lowest BCUT2D eigenvalue weighted by atomic mass is 10.0. The van der Waals surface area contributed by atoms with Crippen molar-refractivity contribution in [2.75, 3.05) is 13.2 Å². The zero-order valence-electron chi connectivity index (χ0n) is 8.66. The minimum absolute atomic E-state index is 0.579. The molecule has 0 N–H and O–H groups in total. The maximum absolute atomic E-state index is 5.39. The van der Waals surface area contributed by atoms with E-state index < -0.39 is 0 Å². The van der Waals surface area contributed by atoms with Gasteiger partial charge in [-0.05, 0) is 23.6 Å². The van der Waals surface area contributed by atoms with E-state index in [1.54, 1.807) is 0 Å². The third-order valence-corrected chi connectivity index (χ3v) is 2.41. The van der Waals surface area contributed by atoms with Crippen molar-refractivity contribution in [3.05, 3.63) is 35.4 Å². The Kier molecular flexibility index (Phi) is 2.53.